The van der Waals surface area contributed by atoms with Crippen LogP contribution in [0.25, 0.3) is 0 Å². The van der Waals surface area contributed by atoms with Crippen LogP contribution in [0.15, 0.2) is 48.7 Å². The predicted octanol–water partition coefficient (Wildman–Crippen LogP) is 3.77. The monoisotopic (exact) mass is 332 g/mol. The van der Waals surface area contributed by atoms with Gasteiger partial charge in [-0.25, -0.2) is 4.79 Å². The zero-order valence-corrected chi connectivity index (χ0v) is 14.3. The van der Waals surface area contributed by atoms with Gasteiger partial charge in [-0.3, -0.25) is 4.98 Å². The van der Waals surface area contributed by atoms with E-state index in [2.05, 4.69) is 10.3 Å². The number of amides is 1. The molecule has 122 valence electrons. The lowest BCUT2D eigenvalue weighted by molar-refractivity contribution is 0.141. The molecule has 0 spiro atoms. The average molecular weight is 332 g/mol. The Bertz CT molecular complexity index is 704. The van der Waals surface area contributed by atoms with Crippen LogP contribution >= 0.6 is 7.14 Å². The summed E-state index contributed by atoms with van der Waals surface area (Å²) in [6, 6.07) is 13.2. The third kappa shape index (κ3) is 5.87. The minimum Gasteiger partial charge on any atom is -0.445 e. The summed E-state index contributed by atoms with van der Waals surface area (Å²) in [4.78, 5) is 15.9. The fraction of sp³-hybridized carbons (Fsp3) is 0.294. The fourth-order valence-corrected chi connectivity index (χ4v) is 3.74. The van der Waals surface area contributed by atoms with Gasteiger partial charge in [-0.2, -0.15) is 0 Å². The maximum atomic E-state index is 12.6. The maximum absolute atomic E-state index is 12.6. The lowest BCUT2D eigenvalue weighted by atomic mass is 10.2. The van der Waals surface area contributed by atoms with E-state index < -0.39 is 13.2 Å². The molecule has 1 heterocycles. The standard InChI is InChI=1S/C17H21N2O3P/c1-14-16(9-6-10-18-14)12-23(2,21)13-19-17(20)22-11-15-7-4-3-5-8-15/h3-10H,11-13H2,1-2H3,(H,19,20). The zero-order valence-electron chi connectivity index (χ0n) is 13.4. The number of carbonyl (C=O) groups excluding carboxylic acids is 1. The van der Waals surface area contributed by atoms with Gasteiger partial charge in [0.1, 0.15) is 13.7 Å². The van der Waals surface area contributed by atoms with Crippen LogP contribution in [0.4, 0.5) is 4.79 Å². The van der Waals surface area contributed by atoms with E-state index >= 15 is 0 Å². The van der Waals surface area contributed by atoms with Crippen molar-refractivity contribution in [3.05, 3.63) is 65.5 Å². The number of hydrogen-bond donors (Lipinski definition) is 1. The summed E-state index contributed by atoms with van der Waals surface area (Å²) < 4.78 is 17.7. The molecule has 0 saturated carbocycles. The van der Waals surface area contributed by atoms with Gasteiger partial charge in [-0.05, 0) is 30.8 Å². The fourth-order valence-electron chi connectivity index (χ4n) is 2.11. The van der Waals surface area contributed by atoms with Crippen LogP contribution in [0, 0.1) is 6.92 Å². The second kappa shape index (κ2) is 7.93. The van der Waals surface area contributed by atoms with Crippen molar-refractivity contribution >= 4 is 13.2 Å². The Labute approximate surface area is 136 Å². The lowest BCUT2D eigenvalue weighted by Crippen LogP contribution is -2.25. The molecule has 0 bridgehead atoms. The molecule has 1 N–H and O–H groups in total. The molecule has 2 aromatic rings. The van der Waals surface area contributed by atoms with Gasteiger partial charge in [0.05, 0.1) is 6.29 Å². The number of alkyl carbamates (subject to hydrolysis) is 1. The Morgan fingerprint density at radius 3 is 2.65 bits per heavy atom. The van der Waals surface area contributed by atoms with E-state index in [1.165, 1.54) is 0 Å². The highest BCUT2D eigenvalue weighted by atomic mass is 31.2. The summed E-state index contributed by atoms with van der Waals surface area (Å²) in [5.41, 5.74) is 2.72. The van der Waals surface area contributed by atoms with Crippen molar-refractivity contribution in [2.24, 2.45) is 0 Å². The molecule has 0 fully saturated rings. The maximum Gasteiger partial charge on any atom is 0.407 e. The summed E-state index contributed by atoms with van der Waals surface area (Å²) in [6.07, 6.45) is 1.66. The number of aromatic nitrogens is 1. The number of pyridine rings is 1. The van der Waals surface area contributed by atoms with Crippen LogP contribution in [-0.2, 0) is 22.1 Å². The summed E-state index contributed by atoms with van der Waals surface area (Å²) in [7, 11) is -2.54. The van der Waals surface area contributed by atoms with Gasteiger partial charge < -0.3 is 14.6 Å². The van der Waals surface area contributed by atoms with E-state index in [0.717, 1.165) is 16.8 Å². The van der Waals surface area contributed by atoms with Gasteiger partial charge in [0.2, 0.25) is 0 Å². The predicted molar refractivity (Wildman–Crippen MR) is 90.8 cm³/mol. The van der Waals surface area contributed by atoms with Crippen molar-refractivity contribution in [1.29, 1.82) is 0 Å². The van der Waals surface area contributed by atoms with Gasteiger partial charge in [-0.15, -0.1) is 0 Å². The molecule has 1 amide bonds. The largest absolute Gasteiger partial charge is 0.445 e. The van der Waals surface area contributed by atoms with E-state index in [1.807, 2.05) is 49.4 Å². The van der Waals surface area contributed by atoms with E-state index in [9.17, 15) is 9.36 Å². The van der Waals surface area contributed by atoms with Crippen molar-refractivity contribution in [3.8, 4) is 0 Å². The highest BCUT2D eigenvalue weighted by molar-refractivity contribution is 7.62. The molecule has 6 heteroatoms. The van der Waals surface area contributed by atoms with Crippen molar-refractivity contribution < 1.29 is 14.1 Å². The van der Waals surface area contributed by atoms with Crippen LogP contribution < -0.4 is 5.32 Å². The number of aryl methyl sites for hydroxylation is 1. The Hall–Kier alpha value is -2.13. The second-order valence-electron chi connectivity index (χ2n) is 5.60. The first-order valence-electron chi connectivity index (χ1n) is 7.37. The molecule has 5 nitrogen and oxygen atoms in total. The van der Waals surface area contributed by atoms with Crippen LogP contribution in [0.5, 0.6) is 0 Å². The number of nitrogens with one attached hydrogen (secondary N) is 1. The average Bonchev–Trinajstić information content (AvgIpc) is 2.54. The molecule has 0 radical (unpaired) electrons. The molecule has 0 aliphatic carbocycles. The quantitative estimate of drug-likeness (QED) is 0.818. The van der Waals surface area contributed by atoms with Gasteiger partial charge in [0, 0.05) is 18.1 Å². The Morgan fingerprint density at radius 2 is 1.96 bits per heavy atom. The molecule has 23 heavy (non-hydrogen) atoms. The van der Waals surface area contributed by atoms with Gasteiger partial charge in [-0.1, -0.05) is 36.4 Å². The second-order valence-corrected chi connectivity index (χ2v) is 8.83. The Kier molecular flexibility index (Phi) is 5.94. The van der Waals surface area contributed by atoms with Crippen LogP contribution in [0.1, 0.15) is 16.8 Å². The number of benzene rings is 1. The van der Waals surface area contributed by atoms with Crippen LogP contribution in [-0.4, -0.2) is 24.0 Å². The minimum absolute atomic E-state index is 0.106. The van der Waals surface area contributed by atoms with Crippen molar-refractivity contribution in [3.63, 3.8) is 0 Å². The third-order valence-corrected chi connectivity index (χ3v) is 5.23. The van der Waals surface area contributed by atoms with Crippen molar-refractivity contribution in [2.45, 2.75) is 19.7 Å². The molecular weight excluding hydrogens is 311 g/mol. The Morgan fingerprint density at radius 1 is 1.22 bits per heavy atom. The normalized spacial score (nSPS) is 13.1. The SMILES string of the molecule is Cc1ncccc1CP(C)(=O)CNC(=O)OCc1ccccc1. The topological polar surface area (TPSA) is 68.3 Å². The summed E-state index contributed by atoms with van der Waals surface area (Å²) >= 11 is 0. The number of hydrogen-bond acceptors (Lipinski definition) is 4. The smallest absolute Gasteiger partial charge is 0.407 e. The number of rotatable bonds is 6. The Balaban J connectivity index is 1.81. The molecule has 1 aromatic carbocycles. The molecule has 0 aliphatic rings. The zero-order chi connectivity index (χ0) is 16.7. The van der Waals surface area contributed by atoms with Crippen molar-refractivity contribution in [2.75, 3.05) is 13.0 Å². The van der Waals surface area contributed by atoms with Crippen LogP contribution in [0.3, 0.4) is 0 Å². The molecule has 0 saturated heterocycles. The number of carbonyl (C=O) groups is 1. The summed E-state index contributed by atoms with van der Waals surface area (Å²) in [5, 5.41) is 2.59. The molecular formula is C17H21N2O3P. The highest BCUT2D eigenvalue weighted by Crippen LogP contribution is 2.44. The number of ether oxygens (including phenoxy) is 1. The number of nitrogens with zero attached hydrogens (tertiary/aromatic N) is 1. The summed E-state index contributed by atoms with van der Waals surface area (Å²) in [6.45, 7) is 3.76. The lowest BCUT2D eigenvalue weighted by Gasteiger charge is -2.15. The molecule has 1 unspecified atom stereocenters. The molecule has 0 aliphatic heterocycles. The van der Waals surface area contributed by atoms with E-state index in [4.69, 9.17) is 4.74 Å². The first-order valence-corrected chi connectivity index (χ1v) is 9.89. The third-order valence-electron chi connectivity index (χ3n) is 3.39. The van der Waals surface area contributed by atoms with E-state index in [1.54, 1.807) is 12.9 Å². The molecule has 2 rings (SSSR count). The highest BCUT2D eigenvalue weighted by Gasteiger charge is 2.19. The van der Waals surface area contributed by atoms with Crippen molar-refractivity contribution in [1.82, 2.24) is 10.3 Å². The molecule has 1 aromatic heterocycles. The van der Waals surface area contributed by atoms with Gasteiger partial charge in [0.25, 0.3) is 0 Å². The minimum atomic E-state index is -2.54. The van der Waals surface area contributed by atoms with E-state index in [0.29, 0.717) is 6.16 Å². The van der Waals surface area contributed by atoms with Gasteiger partial charge >= 0.3 is 6.09 Å². The first-order chi connectivity index (χ1) is 11.0. The molecule has 1 atom stereocenters. The first kappa shape index (κ1) is 17.2. The van der Waals surface area contributed by atoms with Crippen LogP contribution in [0.2, 0.25) is 0 Å². The van der Waals surface area contributed by atoms with E-state index in [-0.39, 0.29) is 12.9 Å². The summed E-state index contributed by atoms with van der Waals surface area (Å²) in [5.74, 6) is 0. The van der Waals surface area contributed by atoms with Gasteiger partial charge in [0.15, 0.2) is 0 Å².